The van der Waals surface area contributed by atoms with Gasteiger partial charge in [-0.1, -0.05) is 20.8 Å². The lowest BCUT2D eigenvalue weighted by Gasteiger charge is -2.16. The second kappa shape index (κ2) is 4.59. The smallest absolute Gasteiger partial charge is 0.252 e. The molecule has 6 heteroatoms. The van der Waals surface area contributed by atoms with Gasteiger partial charge in [0.05, 0.1) is 0 Å². The fourth-order valence-corrected chi connectivity index (χ4v) is 4.99. The maximum atomic E-state index is 12.4. The first-order valence-electron chi connectivity index (χ1n) is 6.07. The van der Waals surface area contributed by atoms with Crippen LogP contribution in [0.5, 0.6) is 0 Å². The second-order valence-corrected chi connectivity index (χ2v) is 9.03. The second-order valence-electron chi connectivity index (χ2n) is 5.78. The van der Waals surface area contributed by atoms with Crippen molar-refractivity contribution in [2.45, 2.75) is 42.9 Å². The Morgan fingerprint density at radius 2 is 2.06 bits per heavy atom. The third-order valence-corrected chi connectivity index (χ3v) is 6.95. The molecule has 0 aromatic carbocycles. The van der Waals surface area contributed by atoms with Gasteiger partial charge >= 0.3 is 0 Å². The molecule has 102 valence electrons. The topological polar surface area (TPSA) is 63.4 Å². The van der Waals surface area contributed by atoms with Crippen molar-refractivity contribution >= 4 is 21.4 Å². The summed E-state index contributed by atoms with van der Waals surface area (Å²) < 4.78 is 26.7. The summed E-state index contributed by atoms with van der Waals surface area (Å²) in [6, 6.07) is 3.60. The fourth-order valence-electron chi connectivity index (χ4n) is 1.96. The number of nitrogens with zero attached hydrogens (tertiary/aromatic N) is 1. The molecule has 1 aromatic rings. The fraction of sp³-hybridized carbons (Fsp3) is 0.667. The molecule has 0 bridgehead atoms. The highest BCUT2D eigenvalue weighted by Gasteiger charge is 2.32. The Morgan fingerprint density at radius 3 is 2.50 bits per heavy atom. The Hall–Kier alpha value is -0.430. The number of nitrogens with two attached hydrogens (primary N) is 1. The average molecular weight is 288 g/mol. The molecular formula is C12H20N2O2S2. The Balaban J connectivity index is 2.28. The van der Waals surface area contributed by atoms with Gasteiger partial charge in [0.15, 0.2) is 0 Å². The van der Waals surface area contributed by atoms with Crippen molar-refractivity contribution < 1.29 is 8.42 Å². The molecule has 1 aromatic heterocycles. The van der Waals surface area contributed by atoms with Crippen LogP contribution in [-0.4, -0.2) is 31.9 Å². The van der Waals surface area contributed by atoms with Crippen molar-refractivity contribution in [1.82, 2.24) is 4.31 Å². The van der Waals surface area contributed by atoms with Gasteiger partial charge in [-0.2, -0.15) is 4.31 Å². The predicted octanol–water partition coefficient (Wildman–Crippen LogP) is 1.77. The zero-order valence-electron chi connectivity index (χ0n) is 11.0. The summed E-state index contributed by atoms with van der Waals surface area (Å²) in [6.07, 6.45) is 0.747. The molecule has 1 fully saturated rings. The molecule has 2 rings (SSSR count). The summed E-state index contributed by atoms with van der Waals surface area (Å²) in [6.45, 7) is 7.22. The number of rotatable bonds is 2. The van der Waals surface area contributed by atoms with Gasteiger partial charge < -0.3 is 5.73 Å². The van der Waals surface area contributed by atoms with E-state index in [1.165, 1.54) is 15.6 Å². The Kier molecular flexibility index (Phi) is 3.57. The third kappa shape index (κ3) is 2.61. The van der Waals surface area contributed by atoms with Crippen LogP contribution in [-0.2, 0) is 15.4 Å². The van der Waals surface area contributed by atoms with E-state index < -0.39 is 10.0 Å². The van der Waals surface area contributed by atoms with E-state index in [2.05, 4.69) is 20.8 Å². The van der Waals surface area contributed by atoms with Crippen LogP contribution < -0.4 is 5.73 Å². The summed E-state index contributed by atoms with van der Waals surface area (Å²) in [7, 11) is -3.34. The zero-order valence-corrected chi connectivity index (χ0v) is 12.6. The molecule has 1 aliphatic rings. The maximum absolute atomic E-state index is 12.4. The minimum Gasteiger partial charge on any atom is -0.326 e. The van der Waals surface area contributed by atoms with Crippen molar-refractivity contribution in [2.24, 2.45) is 5.73 Å². The van der Waals surface area contributed by atoms with E-state index in [1.807, 2.05) is 6.07 Å². The van der Waals surface area contributed by atoms with Crippen LogP contribution >= 0.6 is 11.3 Å². The van der Waals surface area contributed by atoms with E-state index >= 15 is 0 Å². The van der Waals surface area contributed by atoms with Gasteiger partial charge in [-0.3, -0.25) is 0 Å². The molecule has 0 radical (unpaired) electrons. The van der Waals surface area contributed by atoms with Crippen LogP contribution in [0.2, 0.25) is 0 Å². The molecular weight excluding hydrogens is 268 g/mol. The van der Waals surface area contributed by atoms with Crippen LogP contribution in [0.15, 0.2) is 16.3 Å². The lowest BCUT2D eigenvalue weighted by Crippen LogP contribution is -2.31. The number of hydrogen-bond donors (Lipinski definition) is 1. The Labute approximate surface area is 113 Å². The zero-order chi connectivity index (χ0) is 13.6. The van der Waals surface area contributed by atoms with Gasteiger partial charge in [0.2, 0.25) is 0 Å². The summed E-state index contributed by atoms with van der Waals surface area (Å²) in [5, 5.41) is 0. The Morgan fingerprint density at radius 1 is 1.39 bits per heavy atom. The Bertz CT molecular complexity index is 529. The van der Waals surface area contributed by atoms with Crippen LogP contribution in [0.25, 0.3) is 0 Å². The van der Waals surface area contributed by atoms with Crippen LogP contribution in [0.4, 0.5) is 0 Å². The van der Waals surface area contributed by atoms with Gasteiger partial charge in [0.25, 0.3) is 10.0 Å². The quantitative estimate of drug-likeness (QED) is 0.902. The van der Waals surface area contributed by atoms with E-state index in [9.17, 15) is 8.42 Å². The molecule has 2 heterocycles. The minimum atomic E-state index is -3.34. The largest absolute Gasteiger partial charge is 0.326 e. The van der Waals surface area contributed by atoms with Crippen LogP contribution in [0.3, 0.4) is 0 Å². The number of hydrogen-bond acceptors (Lipinski definition) is 4. The molecule has 0 saturated carbocycles. The monoisotopic (exact) mass is 288 g/mol. The first-order chi connectivity index (χ1) is 8.21. The van der Waals surface area contributed by atoms with Crippen molar-refractivity contribution in [3.8, 4) is 0 Å². The highest BCUT2D eigenvalue weighted by Crippen LogP contribution is 2.33. The average Bonchev–Trinajstić information content (AvgIpc) is 2.83. The van der Waals surface area contributed by atoms with E-state index in [4.69, 9.17) is 5.73 Å². The standard InChI is InChI=1S/C12H20N2O2S2/c1-12(2,3)10-4-5-11(17-10)18(15,16)14-7-6-9(13)8-14/h4-5,9H,6-8,13H2,1-3H3/t9-/m1/s1. The molecule has 0 aliphatic carbocycles. The SMILES string of the molecule is CC(C)(C)c1ccc(S(=O)(=O)N2CC[C@@H](N)C2)s1. The van der Waals surface area contributed by atoms with E-state index in [0.717, 1.165) is 11.3 Å². The van der Waals surface area contributed by atoms with Gasteiger partial charge in [-0.25, -0.2) is 8.42 Å². The highest BCUT2D eigenvalue weighted by molar-refractivity contribution is 7.91. The third-order valence-electron chi connectivity index (χ3n) is 3.10. The molecule has 1 atom stereocenters. The molecule has 18 heavy (non-hydrogen) atoms. The summed E-state index contributed by atoms with van der Waals surface area (Å²) in [4.78, 5) is 1.09. The van der Waals surface area contributed by atoms with Crippen molar-refractivity contribution in [3.63, 3.8) is 0 Å². The van der Waals surface area contributed by atoms with Gasteiger partial charge in [0.1, 0.15) is 4.21 Å². The first kappa shape index (κ1) is 14.0. The van der Waals surface area contributed by atoms with E-state index in [-0.39, 0.29) is 11.5 Å². The molecule has 0 spiro atoms. The van der Waals surface area contributed by atoms with Crippen molar-refractivity contribution in [2.75, 3.05) is 13.1 Å². The van der Waals surface area contributed by atoms with Crippen LogP contribution in [0, 0.1) is 0 Å². The van der Waals surface area contributed by atoms with Gasteiger partial charge in [-0.15, -0.1) is 11.3 Å². The van der Waals surface area contributed by atoms with Crippen LogP contribution in [0.1, 0.15) is 32.1 Å². The highest BCUT2D eigenvalue weighted by atomic mass is 32.2. The minimum absolute atomic E-state index is 0.0140. The van der Waals surface area contributed by atoms with Gasteiger partial charge in [0, 0.05) is 24.0 Å². The molecule has 2 N–H and O–H groups in total. The summed E-state index contributed by atoms with van der Waals surface area (Å²) in [5.41, 5.74) is 5.76. The number of sulfonamides is 1. The lowest BCUT2D eigenvalue weighted by molar-refractivity contribution is 0.474. The molecule has 1 saturated heterocycles. The van der Waals surface area contributed by atoms with Crippen molar-refractivity contribution in [3.05, 3.63) is 17.0 Å². The van der Waals surface area contributed by atoms with E-state index in [0.29, 0.717) is 17.3 Å². The van der Waals surface area contributed by atoms with Gasteiger partial charge in [-0.05, 0) is 24.0 Å². The molecule has 0 amide bonds. The molecule has 4 nitrogen and oxygen atoms in total. The van der Waals surface area contributed by atoms with Crippen molar-refractivity contribution in [1.29, 1.82) is 0 Å². The normalized spacial score (nSPS) is 22.6. The lowest BCUT2D eigenvalue weighted by atomic mass is 9.95. The molecule has 1 aliphatic heterocycles. The first-order valence-corrected chi connectivity index (χ1v) is 8.33. The maximum Gasteiger partial charge on any atom is 0.252 e. The summed E-state index contributed by atoms with van der Waals surface area (Å²) >= 11 is 1.36. The molecule has 0 unspecified atom stereocenters. The van der Waals surface area contributed by atoms with E-state index in [1.54, 1.807) is 6.07 Å². The summed E-state index contributed by atoms with van der Waals surface area (Å²) in [5.74, 6) is 0. The number of thiophene rings is 1. The predicted molar refractivity (Wildman–Crippen MR) is 74.4 cm³/mol.